The molecule has 1 N–H and O–H groups in total. The first kappa shape index (κ1) is 22.2. The number of nitrogens with zero attached hydrogens (tertiary/aromatic N) is 1. The van der Waals surface area contributed by atoms with Crippen molar-refractivity contribution in [2.45, 2.75) is 46.2 Å². The van der Waals surface area contributed by atoms with Gasteiger partial charge in [0, 0.05) is 48.8 Å². The Balaban J connectivity index is 1.38. The standard InChI is InChI=1S/C27H32N2O3/c1-4-31-25-16-26-24(20(3)18-32-26)15-23(25)19(2)14-27(30)28-22-10-12-29(13-11-22)17-21-8-6-5-7-9-21/h5-9,14-16,18,22H,4,10-13,17H2,1-3H3,(H,28,30)/b19-14+. The molecule has 0 saturated carbocycles. The maximum atomic E-state index is 12.8. The zero-order valence-electron chi connectivity index (χ0n) is 19.2. The molecule has 2 aromatic carbocycles. The second-order valence-corrected chi connectivity index (χ2v) is 8.57. The van der Waals surface area contributed by atoms with Crippen LogP contribution < -0.4 is 10.1 Å². The molecule has 0 spiro atoms. The number of ether oxygens (including phenoxy) is 1. The highest BCUT2D eigenvalue weighted by Gasteiger charge is 2.20. The Morgan fingerprint density at radius 2 is 1.97 bits per heavy atom. The van der Waals surface area contributed by atoms with Crippen molar-refractivity contribution < 1.29 is 13.9 Å². The Bertz CT molecular complexity index is 1090. The summed E-state index contributed by atoms with van der Waals surface area (Å²) in [4.78, 5) is 15.2. The number of likely N-dealkylation sites (tertiary alicyclic amines) is 1. The third-order valence-corrected chi connectivity index (χ3v) is 6.12. The summed E-state index contributed by atoms with van der Waals surface area (Å²) in [6.07, 6.45) is 5.38. The monoisotopic (exact) mass is 432 g/mol. The van der Waals surface area contributed by atoms with Gasteiger partial charge in [-0.3, -0.25) is 9.69 Å². The summed E-state index contributed by atoms with van der Waals surface area (Å²) in [5, 5.41) is 4.24. The summed E-state index contributed by atoms with van der Waals surface area (Å²) in [5.41, 5.74) is 5.02. The van der Waals surface area contributed by atoms with Gasteiger partial charge in [0.2, 0.25) is 5.91 Å². The maximum absolute atomic E-state index is 12.8. The number of aryl methyl sites for hydroxylation is 1. The highest BCUT2D eigenvalue weighted by molar-refractivity contribution is 5.97. The molecule has 1 saturated heterocycles. The molecule has 0 bridgehead atoms. The van der Waals surface area contributed by atoms with E-state index in [1.165, 1.54) is 5.56 Å². The van der Waals surface area contributed by atoms with Crippen LogP contribution in [-0.4, -0.2) is 36.5 Å². The van der Waals surface area contributed by atoms with Crippen LogP contribution in [0.5, 0.6) is 5.75 Å². The number of furan rings is 1. The van der Waals surface area contributed by atoms with Gasteiger partial charge in [-0.05, 0) is 56.4 Å². The Morgan fingerprint density at radius 1 is 1.22 bits per heavy atom. The summed E-state index contributed by atoms with van der Waals surface area (Å²) < 4.78 is 11.4. The van der Waals surface area contributed by atoms with Gasteiger partial charge in [0.05, 0.1) is 12.9 Å². The minimum Gasteiger partial charge on any atom is -0.493 e. The molecule has 0 radical (unpaired) electrons. The second kappa shape index (κ2) is 10.0. The van der Waals surface area contributed by atoms with Gasteiger partial charge in [0.1, 0.15) is 11.3 Å². The van der Waals surface area contributed by atoms with Crippen LogP contribution in [0, 0.1) is 6.92 Å². The van der Waals surface area contributed by atoms with Gasteiger partial charge in [-0.15, -0.1) is 0 Å². The highest BCUT2D eigenvalue weighted by atomic mass is 16.5. The van der Waals surface area contributed by atoms with Crippen LogP contribution in [0.4, 0.5) is 0 Å². The average Bonchev–Trinajstić information content (AvgIpc) is 3.15. The fourth-order valence-electron chi connectivity index (χ4n) is 4.36. The molecule has 4 rings (SSSR count). The van der Waals surface area contributed by atoms with Crippen LogP contribution in [0.2, 0.25) is 0 Å². The number of hydrogen-bond donors (Lipinski definition) is 1. The molecular weight excluding hydrogens is 400 g/mol. The lowest BCUT2D eigenvalue weighted by Gasteiger charge is -2.32. The topological polar surface area (TPSA) is 54.7 Å². The average molecular weight is 433 g/mol. The lowest BCUT2D eigenvalue weighted by atomic mass is 10.0. The zero-order chi connectivity index (χ0) is 22.5. The molecule has 1 fully saturated rings. The van der Waals surface area contributed by atoms with E-state index in [0.717, 1.165) is 65.9 Å². The molecule has 32 heavy (non-hydrogen) atoms. The fourth-order valence-corrected chi connectivity index (χ4v) is 4.36. The van der Waals surface area contributed by atoms with E-state index in [4.69, 9.17) is 9.15 Å². The quantitative estimate of drug-likeness (QED) is 0.513. The number of carbonyl (C=O) groups is 1. The largest absolute Gasteiger partial charge is 0.493 e. The van der Waals surface area contributed by atoms with E-state index in [-0.39, 0.29) is 11.9 Å². The molecule has 1 aromatic heterocycles. The number of fused-ring (bicyclic) bond motifs is 1. The van der Waals surface area contributed by atoms with Gasteiger partial charge in [-0.1, -0.05) is 30.3 Å². The van der Waals surface area contributed by atoms with Crippen molar-refractivity contribution in [2.75, 3.05) is 19.7 Å². The Labute approximate surface area is 190 Å². The Hall–Kier alpha value is -3.05. The van der Waals surface area contributed by atoms with Crippen molar-refractivity contribution in [1.29, 1.82) is 0 Å². The lowest BCUT2D eigenvalue weighted by Crippen LogP contribution is -2.43. The molecular formula is C27H32N2O3. The van der Waals surface area contributed by atoms with E-state index >= 15 is 0 Å². The van der Waals surface area contributed by atoms with Gasteiger partial charge < -0.3 is 14.5 Å². The zero-order valence-corrected chi connectivity index (χ0v) is 19.2. The molecule has 0 aliphatic carbocycles. The molecule has 1 aliphatic heterocycles. The van der Waals surface area contributed by atoms with Crippen molar-refractivity contribution in [2.24, 2.45) is 0 Å². The first-order valence-corrected chi connectivity index (χ1v) is 11.4. The van der Waals surface area contributed by atoms with Crippen molar-refractivity contribution in [3.8, 4) is 5.75 Å². The van der Waals surface area contributed by atoms with Crippen molar-refractivity contribution in [3.05, 3.63) is 71.5 Å². The first-order chi connectivity index (χ1) is 15.5. The predicted octanol–water partition coefficient (Wildman–Crippen LogP) is 5.32. The van der Waals surface area contributed by atoms with E-state index in [0.29, 0.717) is 6.61 Å². The van der Waals surface area contributed by atoms with E-state index in [1.807, 2.05) is 32.9 Å². The first-order valence-electron chi connectivity index (χ1n) is 11.4. The second-order valence-electron chi connectivity index (χ2n) is 8.57. The number of benzene rings is 2. The van der Waals surface area contributed by atoms with Gasteiger partial charge in [-0.25, -0.2) is 0 Å². The van der Waals surface area contributed by atoms with Crippen LogP contribution in [0.3, 0.4) is 0 Å². The number of amides is 1. The lowest BCUT2D eigenvalue weighted by molar-refractivity contribution is -0.117. The summed E-state index contributed by atoms with van der Waals surface area (Å²) in [6.45, 7) is 9.45. The summed E-state index contributed by atoms with van der Waals surface area (Å²) in [5.74, 6) is 0.695. The highest BCUT2D eigenvalue weighted by Crippen LogP contribution is 2.33. The molecule has 5 heteroatoms. The fraction of sp³-hybridized carbons (Fsp3) is 0.370. The van der Waals surface area contributed by atoms with Crippen molar-refractivity contribution in [1.82, 2.24) is 10.2 Å². The van der Waals surface area contributed by atoms with E-state index in [1.54, 1.807) is 12.3 Å². The Kier molecular flexibility index (Phi) is 6.96. The molecule has 1 amide bonds. The van der Waals surface area contributed by atoms with E-state index < -0.39 is 0 Å². The SMILES string of the molecule is CCOc1cc2occ(C)c2cc1/C(C)=C/C(=O)NC1CCN(Cc2ccccc2)CC1. The number of piperidine rings is 1. The summed E-state index contributed by atoms with van der Waals surface area (Å²) >= 11 is 0. The van der Waals surface area contributed by atoms with Crippen LogP contribution in [0.25, 0.3) is 16.5 Å². The van der Waals surface area contributed by atoms with Gasteiger partial charge in [0.15, 0.2) is 0 Å². The molecule has 2 heterocycles. The van der Waals surface area contributed by atoms with E-state index in [2.05, 4.69) is 40.5 Å². The third kappa shape index (κ3) is 5.22. The van der Waals surface area contributed by atoms with Crippen LogP contribution in [0.15, 0.2) is 59.2 Å². The van der Waals surface area contributed by atoms with Gasteiger partial charge >= 0.3 is 0 Å². The predicted molar refractivity (Wildman–Crippen MR) is 129 cm³/mol. The molecule has 168 valence electrons. The molecule has 0 unspecified atom stereocenters. The Morgan fingerprint density at radius 3 is 2.69 bits per heavy atom. The molecule has 3 aromatic rings. The summed E-state index contributed by atoms with van der Waals surface area (Å²) in [7, 11) is 0. The summed E-state index contributed by atoms with van der Waals surface area (Å²) in [6, 6.07) is 14.7. The van der Waals surface area contributed by atoms with Crippen molar-refractivity contribution in [3.63, 3.8) is 0 Å². The molecule has 5 nitrogen and oxygen atoms in total. The van der Waals surface area contributed by atoms with Crippen LogP contribution in [-0.2, 0) is 11.3 Å². The van der Waals surface area contributed by atoms with Crippen molar-refractivity contribution >= 4 is 22.4 Å². The van der Waals surface area contributed by atoms with Gasteiger partial charge in [0.25, 0.3) is 0 Å². The normalized spacial score (nSPS) is 15.8. The third-order valence-electron chi connectivity index (χ3n) is 6.12. The van der Waals surface area contributed by atoms with Crippen LogP contribution >= 0.6 is 0 Å². The number of rotatable bonds is 7. The van der Waals surface area contributed by atoms with E-state index in [9.17, 15) is 4.79 Å². The van der Waals surface area contributed by atoms with Gasteiger partial charge in [-0.2, -0.15) is 0 Å². The van der Waals surface area contributed by atoms with Crippen LogP contribution in [0.1, 0.15) is 43.4 Å². The number of hydrogen-bond acceptors (Lipinski definition) is 4. The minimum atomic E-state index is -0.0459. The maximum Gasteiger partial charge on any atom is 0.244 e. The minimum absolute atomic E-state index is 0.0459. The molecule has 1 aliphatic rings. The smallest absolute Gasteiger partial charge is 0.244 e. The number of carbonyl (C=O) groups excluding carboxylic acids is 1. The molecule has 0 atom stereocenters. The number of allylic oxidation sites excluding steroid dienone is 1. The number of nitrogens with one attached hydrogen (secondary N) is 1.